The molecule has 1 unspecified atom stereocenters. The van der Waals surface area contributed by atoms with Gasteiger partial charge in [-0.15, -0.1) is 11.3 Å². The first-order valence-electron chi connectivity index (χ1n) is 5.96. The van der Waals surface area contributed by atoms with Crippen LogP contribution in [-0.2, 0) is 6.54 Å². The Morgan fingerprint density at radius 2 is 2.32 bits per heavy atom. The second-order valence-corrected chi connectivity index (χ2v) is 5.85. The molecule has 19 heavy (non-hydrogen) atoms. The molecule has 98 valence electrons. The monoisotopic (exact) mass is 292 g/mol. The third-order valence-electron chi connectivity index (χ3n) is 3.07. The summed E-state index contributed by atoms with van der Waals surface area (Å²) in [6, 6.07) is 5.64. The predicted molar refractivity (Wildman–Crippen MR) is 79.7 cm³/mol. The van der Waals surface area contributed by atoms with Gasteiger partial charge in [0.05, 0.1) is 16.0 Å². The van der Waals surface area contributed by atoms with Gasteiger partial charge in [0.1, 0.15) is 0 Å². The van der Waals surface area contributed by atoms with Crippen molar-refractivity contribution in [3.05, 3.63) is 39.8 Å². The minimum atomic E-state index is 0.301. The topological polar surface area (TPSA) is 56.7 Å². The van der Waals surface area contributed by atoms with Gasteiger partial charge in [0.2, 0.25) is 5.95 Å². The third kappa shape index (κ3) is 2.31. The minimum absolute atomic E-state index is 0.301. The number of hydrogen-bond acceptors (Lipinski definition) is 4. The zero-order chi connectivity index (χ0) is 13.4. The van der Waals surface area contributed by atoms with E-state index in [0.29, 0.717) is 16.9 Å². The van der Waals surface area contributed by atoms with Crippen LogP contribution in [0.25, 0.3) is 11.0 Å². The smallest absolute Gasteiger partial charge is 0.201 e. The quantitative estimate of drug-likeness (QED) is 0.803. The Kier molecular flexibility index (Phi) is 3.16. The Bertz CT molecular complexity index is 705. The van der Waals surface area contributed by atoms with E-state index in [2.05, 4.69) is 16.9 Å². The fourth-order valence-electron chi connectivity index (χ4n) is 2.14. The molecular weight excluding hydrogens is 280 g/mol. The van der Waals surface area contributed by atoms with Crippen LogP contribution in [0, 0.1) is 0 Å². The zero-order valence-electron chi connectivity index (χ0n) is 10.4. The lowest BCUT2D eigenvalue weighted by atomic mass is 10.2. The van der Waals surface area contributed by atoms with E-state index in [1.165, 1.54) is 0 Å². The summed E-state index contributed by atoms with van der Waals surface area (Å²) in [4.78, 5) is 8.69. The summed E-state index contributed by atoms with van der Waals surface area (Å²) in [5.74, 6) is 0.816. The maximum Gasteiger partial charge on any atom is 0.201 e. The fraction of sp³-hybridized carbons (Fsp3) is 0.231. The van der Waals surface area contributed by atoms with Gasteiger partial charge in [0.25, 0.3) is 0 Å². The van der Waals surface area contributed by atoms with Gasteiger partial charge in [-0.05, 0) is 18.2 Å². The SMILES string of the molecule is CC(Cn1c(N)nc2cc(Cl)ccc21)c1nccs1. The average Bonchev–Trinajstić information content (AvgIpc) is 2.98. The Balaban J connectivity index is 1.98. The standard InChI is InChI=1S/C13H13ClN4S/c1-8(12-16-4-5-19-12)7-18-11-3-2-9(14)6-10(11)17-13(18)15/h2-6,8H,7H2,1H3,(H2,15,17). The summed E-state index contributed by atoms with van der Waals surface area (Å²) >= 11 is 7.63. The van der Waals surface area contributed by atoms with Crippen LogP contribution in [0.4, 0.5) is 5.95 Å². The zero-order valence-corrected chi connectivity index (χ0v) is 11.9. The van der Waals surface area contributed by atoms with Crippen LogP contribution in [-0.4, -0.2) is 14.5 Å². The maximum atomic E-state index is 6.00. The van der Waals surface area contributed by atoms with Gasteiger partial charge in [0.15, 0.2) is 0 Å². The number of hydrogen-bond donors (Lipinski definition) is 1. The molecule has 2 heterocycles. The van der Waals surface area contributed by atoms with Crippen molar-refractivity contribution in [2.75, 3.05) is 5.73 Å². The summed E-state index contributed by atoms with van der Waals surface area (Å²) in [6.07, 6.45) is 1.83. The molecule has 0 aliphatic rings. The van der Waals surface area contributed by atoms with E-state index < -0.39 is 0 Å². The van der Waals surface area contributed by atoms with Crippen molar-refractivity contribution in [2.24, 2.45) is 0 Å². The van der Waals surface area contributed by atoms with Crippen molar-refractivity contribution in [3.63, 3.8) is 0 Å². The fourth-order valence-corrected chi connectivity index (χ4v) is 3.00. The van der Waals surface area contributed by atoms with E-state index in [-0.39, 0.29) is 0 Å². The highest BCUT2D eigenvalue weighted by Crippen LogP contribution is 2.26. The Hall–Kier alpha value is -1.59. The number of nitrogen functional groups attached to an aromatic ring is 1. The van der Waals surface area contributed by atoms with Crippen LogP contribution in [0.15, 0.2) is 29.8 Å². The van der Waals surface area contributed by atoms with Gasteiger partial charge >= 0.3 is 0 Å². The largest absolute Gasteiger partial charge is 0.369 e. The minimum Gasteiger partial charge on any atom is -0.369 e. The first-order chi connectivity index (χ1) is 9.15. The molecule has 3 aromatic rings. The number of rotatable bonds is 3. The molecule has 3 rings (SSSR count). The summed E-state index contributed by atoms with van der Waals surface area (Å²) in [6.45, 7) is 2.90. The van der Waals surface area contributed by atoms with Crippen LogP contribution in [0.1, 0.15) is 17.8 Å². The predicted octanol–water partition coefficient (Wildman–Crippen LogP) is 3.53. The Labute approximate surface area is 119 Å². The molecule has 1 aromatic carbocycles. The first kappa shape index (κ1) is 12.4. The number of nitrogens with two attached hydrogens (primary N) is 1. The Morgan fingerprint density at radius 3 is 3.05 bits per heavy atom. The number of halogens is 1. The molecule has 6 heteroatoms. The molecule has 0 saturated carbocycles. The second kappa shape index (κ2) is 4.83. The molecule has 2 N–H and O–H groups in total. The highest BCUT2D eigenvalue weighted by molar-refractivity contribution is 7.09. The molecule has 2 aromatic heterocycles. The second-order valence-electron chi connectivity index (χ2n) is 4.49. The number of fused-ring (bicyclic) bond motifs is 1. The van der Waals surface area contributed by atoms with Gasteiger partial charge in [-0.1, -0.05) is 18.5 Å². The highest BCUT2D eigenvalue weighted by atomic mass is 35.5. The van der Waals surface area contributed by atoms with E-state index in [1.54, 1.807) is 11.3 Å². The van der Waals surface area contributed by atoms with Crippen LogP contribution >= 0.6 is 22.9 Å². The van der Waals surface area contributed by atoms with Crippen LogP contribution in [0.3, 0.4) is 0 Å². The van der Waals surface area contributed by atoms with Gasteiger partial charge < -0.3 is 10.3 Å². The van der Waals surface area contributed by atoms with E-state index in [4.69, 9.17) is 17.3 Å². The lowest BCUT2D eigenvalue weighted by molar-refractivity contribution is 0.614. The van der Waals surface area contributed by atoms with Crippen molar-refractivity contribution < 1.29 is 0 Å². The van der Waals surface area contributed by atoms with E-state index in [0.717, 1.165) is 22.6 Å². The lowest BCUT2D eigenvalue weighted by Gasteiger charge is -2.11. The van der Waals surface area contributed by atoms with Crippen molar-refractivity contribution in [2.45, 2.75) is 19.4 Å². The lowest BCUT2D eigenvalue weighted by Crippen LogP contribution is -2.09. The number of aromatic nitrogens is 3. The first-order valence-corrected chi connectivity index (χ1v) is 7.21. The maximum absolute atomic E-state index is 6.00. The third-order valence-corrected chi connectivity index (χ3v) is 4.31. The number of nitrogens with zero attached hydrogens (tertiary/aromatic N) is 3. The average molecular weight is 293 g/mol. The molecule has 0 amide bonds. The molecule has 0 aliphatic carbocycles. The molecule has 0 saturated heterocycles. The number of imidazole rings is 1. The van der Waals surface area contributed by atoms with Gasteiger partial charge in [-0.2, -0.15) is 0 Å². The molecule has 4 nitrogen and oxygen atoms in total. The van der Waals surface area contributed by atoms with Crippen molar-refractivity contribution in [1.82, 2.24) is 14.5 Å². The number of benzene rings is 1. The molecule has 0 fully saturated rings. The van der Waals surface area contributed by atoms with E-state index in [1.807, 2.05) is 34.3 Å². The molecule has 0 aliphatic heterocycles. The molecule has 1 atom stereocenters. The summed E-state index contributed by atoms with van der Waals surface area (Å²) in [5, 5.41) is 3.77. The molecule has 0 spiro atoms. The van der Waals surface area contributed by atoms with Gasteiger partial charge in [0, 0.05) is 29.1 Å². The van der Waals surface area contributed by atoms with Crippen LogP contribution < -0.4 is 5.73 Å². The molecule has 0 radical (unpaired) electrons. The van der Waals surface area contributed by atoms with E-state index in [9.17, 15) is 0 Å². The highest BCUT2D eigenvalue weighted by Gasteiger charge is 2.14. The van der Waals surface area contributed by atoms with Crippen LogP contribution in [0.5, 0.6) is 0 Å². The Morgan fingerprint density at radius 1 is 1.47 bits per heavy atom. The summed E-state index contributed by atoms with van der Waals surface area (Å²) in [5.41, 5.74) is 7.83. The van der Waals surface area contributed by atoms with Crippen molar-refractivity contribution >= 4 is 39.9 Å². The van der Waals surface area contributed by atoms with Crippen molar-refractivity contribution in [3.8, 4) is 0 Å². The summed E-state index contributed by atoms with van der Waals surface area (Å²) in [7, 11) is 0. The van der Waals surface area contributed by atoms with Crippen LogP contribution in [0.2, 0.25) is 5.02 Å². The summed E-state index contributed by atoms with van der Waals surface area (Å²) < 4.78 is 2.01. The van der Waals surface area contributed by atoms with Crippen molar-refractivity contribution in [1.29, 1.82) is 0 Å². The normalized spacial score (nSPS) is 12.9. The van der Waals surface area contributed by atoms with E-state index >= 15 is 0 Å². The number of anilines is 1. The van der Waals surface area contributed by atoms with Gasteiger partial charge in [-0.3, -0.25) is 0 Å². The molecular formula is C13H13ClN4S. The molecule has 0 bridgehead atoms. The number of thiazole rings is 1. The van der Waals surface area contributed by atoms with Gasteiger partial charge in [-0.25, -0.2) is 9.97 Å².